The number of fused-ring (bicyclic) bond motifs is 4. The zero-order chi connectivity index (χ0) is 20.0. The molecule has 0 aliphatic heterocycles. The fourth-order valence-corrected chi connectivity index (χ4v) is 3.04. The Hall–Kier alpha value is -3.68. The number of esters is 2. The van der Waals surface area contributed by atoms with Crippen molar-refractivity contribution in [3.05, 3.63) is 59.7 Å². The van der Waals surface area contributed by atoms with Gasteiger partial charge < -0.3 is 14.6 Å². The summed E-state index contributed by atoms with van der Waals surface area (Å²) in [6.07, 6.45) is 1.05. The fraction of sp³-hybridized carbons (Fsp3) is 0.200. The molecule has 8 nitrogen and oxygen atoms in total. The number of hydrogen-bond acceptors (Lipinski definition) is 5. The number of benzene rings is 2. The van der Waals surface area contributed by atoms with Gasteiger partial charge in [0.05, 0.1) is 5.56 Å². The van der Waals surface area contributed by atoms with E-state index >= 15 is 0 Å². The molecular weight excluding hydrogens is 362 g/mol. The van der Waals surface area contributed by atoms with Crippen molar-refractivity contribution in [3.63, 3.8) is 0 Å². The fourth-order valence-electron chi connectivity index (χ4n) is 3.04. The SMILES string of the molecule is C=CC(=O)OCCOC(=O)c1ccc2c(c1)n1n(-c3cc(C)c(C)cc3O)n21. The summed E-state index contributed by atoms with van der Waals surface area (Å²) in [6, 6.07) is 8.87. The van der Waals surface area contributed by atoms with Crippen LogP contribution in [-0.4, -0.2) is 44.3 Å². The van der Waals surface area contributed by atoms with Crippen molar-refractivity contribution in [2.45, 2.75) is 13.8 Å². The number of carbonyl (C=O) groups excluding carboxylic acids is 2. The Kier molecular flexibility index (Phi) is 4.11. The Morgan fingerprint density at radius 2 is 1.71 bits per heavy atom. The molecule has 28 heavy (non-hydrogen) atoms. The lowest BCUT2D eigenvalue weighted by atomic mass is 10.1. The van der Waals surface area contributed by atoms with Gasteiger partial charge in [-0.15, -0.1) is 14.1 Å². The Bertz CT molecular complexity index is 1210. The highest BCUT2D eigenvalue weighted by molar-refractivity contribution is 5.94. The number of hydrogen-bond donors (Lipinski definition) is 1. The second-order valence-corrected chi connectivity index (χ2v) is 6.50. The highest BCUT2D eigenvalue weighted by atomic mass is 16.6. The molecule has 0 saturated heterocycles. The predicted molar refractivity (Wildman–Crippen MR) is 101 cm³/mol. The Morgan fingerprint density at radius 1 is 1.04 bits per heavy atom. The van der Waals surface area contributed by atoms with Gasteiger partial charge >= 0.3 is 11.9 Å². The average molecular weight is 381 g/mol. The van der Waals surface area contributed by atoms with Crippen molar-refractivity contribution >= 4 is 23.0 Å². The second-order valence-electron chi connectivity index (χ2n) is 6.50. The first-order valence-electron chi connectivity index (χ1n) is 8.73. The van der Waals surface area contributed by atoms with Gasteiger partial charge in [0.15, 0.2) is 0 Å². The maximum Gasteiger partial charge on any atom is 0.338 e. The van der Waals surface area contributed by atoms with E-state index in [1.54, 1.807) is 18.2 Å². The first kappa shape index (κ1) is 17.7. The topological polar surface area (TPSA) is 86.6 Å². The minimum atomic E-state index is -0.562. The van der Waals surface area contributed by atoms with Crippen LogP contribution in [0.3, 0.4) is 0 Å². The number of rotatable bonds is 6. The largest absolute Gasteiger partial charge is 0.506 e. The molecule has 4 aromatic rings. The molecule has 8 heteroatoms. The monoisotopic (exact) mass is 381 g/mol. The van der Waals surface area contributed by atoms with E-state index in [4.69, 9.17) is 9.47 Å². The van der Waals surface area contributed by atoms with Crippen LogP contribution in [0.25, 0.3) is 16.7 Å². The van der Waals surface area contributed by atoms with Gasteiger partial charge in [-0.3, -0.25) is 0 Å². The van der Waals surface area contributed by atoms with E-state index in [0.29, 0.717) is 11.3 Å². The third-order valence-corrected chi connectivity index (χ3v) is 4.68. The van der Waals surface area contributed by atoms with Crippen molar-refractivity contribution < 1.29 is 24.2 Å². The van der Waals surface area contributed by atoms with Gasteiger partial charge in [-0.25, -0.2) is 9.59 Å². The zero-order valence-electron chi connectivity index (χ0n) is 15.5. The summed E-state index contributed by atoms with van der Waals surface area (Å²) in [5.41, 5.74) is 4.92. The molecule has 0 spiro atoms. The number of phenolic OH excluding ortho intramolecular Hbond substituents is 1. The summed E-state index contributed by atoms with van der Waals surface area (Å²) in [4.78, 5) is 25.0. The van der Waals surface area contributed by atoms with Crippen LogP contribution >= 0.6 is 0 Å². The van der Waals surface area contributed by atoms with E-state index in [-0.39, 0.29) is 19.0 Å². The minimum absolute atomic E-state index is 0.0265. The molecule has 2 heterocycles. The molecular formula is C20H19N3O5. The number of aromatic nitrogens is 3. The van der Waals surface area contributed by atoms with Crippen molar-refractivity contribution in [3.8, 4) is 11.4 Å². The number of carbonyl (C=O) groups is 2. The molecule has 0 bridgehead atoms. The normalized spacial score (nSPS) is 11.4. The molecule has 0 fully saturated rings. The number of aryl methyl sites for hydroxylation is 2. The summed E-state index contributed by atoms with van der Waals surface area (Å²) in [5, 5.41) is 10.3. The van der Waals surface area contributed by atoms with Crippen molar-refractivity contribution in [1.82, 2.24) is 14.1 Å². The number of aromatic hydroxyl groups is 1. The lowest BCUT2D eigenvalue weighted by molar-refractivity contribution is -0.138. The second kappa shape index (κ2) is 6.49. The molecule has 144 valence electrons. The molecule has 0 saturated carbocycles. The highest BCUT2D eigenvalue weighted by Crippen LogP contribution is 2.32. The Morgan fingerprint density at radius 3 is 2.46 bits per heavy atom. The summed E-state index contributed by atoms with van der Waals surface area (Å²) in [7, 11) is 0. The zero-order valence-corrected chi connectivity index (χ0v) is 15.5. The molecule has 0 aliphatic rings. The van der Waals surface area contributed by atoms with E-state index in [2.05, 4.69) is 6.58 Å². The van der Waals surface area contributed by atoms with E-state index < -0.39 is 11.9 Å². The first-order chi connectivity index (χ1) is 13.4. The van der Waals surface area contributed by atoms with E-state index in [1.807, 2.05) is 40.0 Å². The van der Waals surface area contributed by atoms with Crippen LogP contribution in [0.2, 0.25) is 0 Å². The van der Waals surface area contributed by atoms with E-state index in [9.17, 15) is 14.7 Å². The Labute approximate surface area is 160 Å². The van der Waals surface area contributed by atoms with Crippen LogP contribution < -0.4 is 0 Å². The molecule has 0 atom stereocenters. The third-order valence-electron chi connectivity index (χ3n) is 4.68. The standard InChI is InChI=1S/C20H19N3O5/c1-4-19(25)27-7-8-28-20(26)14-5-6-15-16(11-14)22-21(15)23(22)17-9-12(2)13(3)10-18(17)24/h4-6,9-11,24H,1,7-8H2,2-3H3. The molecule has 4 rings (SSSR count). The van der Waals surface area contributed by atoms with Gasteiger partial charge in [-0.1, -0.05) is 6.58 Å². The van der Waals surface area contributed by atoms with Crippen LogP contribution in [0.1, 0.15) is 21.5 Å². The summed E-state index contributed by atoms with van der Waals surface area (Å²) >= 11 is 0. The lowest BCUT2D eigenvalue weighted by Crippen LogP contribution is -2.13. The number of ether oxygens (including phenoxy) is 2. The molecule has 0 unspecified atom stereocenters. The van der Waals surface area contributed by atoms with E-state index in [0.717, 1.165) is 28.2 Å². The van der Waals surface area contributed by atoms with Crippen LogP contribution in [0, 0.1) is 13.8 Å². The van der Waals surface area contributed by atoms with Gasteiger partial charge in [-0.05, 0) is 55.3 Å². The van der Waals surface area contributed by atoms with Gasteiger partial charge in [-0.2, -0.15) is 0 Å². The van der Waals surface area contributed by atoms with Gasteiger partial charge in [0, 0.05) is 6.08 Å². The quantitative estimate of drug-likeness (QED) is 0.315. The molecule has 2 aromatic carbocycles. The molecule has 2 aromatic heterocycles. The van der Waals surface area contributed by atoms with Crippen molar-refractivity contribution in [2.75, 3.05) is 13.2 Å². The summed E-state index contributed by atoms with van der Waals surface area (Å²) in [6.45, 7) is 7.16. The molecule has 0 aliphatic carbocycles. The highest BCUT2D eigenvalue weighted by Gasteiger charge is 2.27. The lowest BCUT2D eigenvalue weighted by Gasteiger charge is -2.06. The third kappa shape index (κ3) is 2.79. The van der Waals surface area contributed by atoms with Crippen molar-refractivity contribution in [1.29, 1.82) is 0 Å². The van der Waals surface area contributed by atoms with Crippen LogP contribution in [-0.2, 0) is 14.3 Å². The Balaban J connectivity index is 1.53. The first-order valence-corrected chi connectivity index (χ1v) is 8.73. The predicted octanol–water partition coefficient (Wildman–Crippen LogP) is 2.63. The number of nitrogens with zero attached hydrogens (tertiary/aromatic N) is 3. The molecule has 0 radical (unpaired) electrons. The molecule has 1 N–H and O–H groups in total. The van der Waals surface area contributed by atoms with Gasteiger partial charge in [0.1, 0.15) is 35.7 Å². The van der Waals surface area contributed by atoms with E-state index in [1.165, 1.54) is 0 Å². The summed E-state index contributed by atoms with van der Waals surface area (Å²) < 4.78 is 13.6. The molecule has 0 amide bonds. The summed E-state index contributed by atoms with van der Waals surface area (Å²) in [5.74, 6) is -0.871. The average Bonchev–Trinajstić information content (AvgIpc) is 3.34. The maximum absolute atomic E-state index is 12.2. The minimum Gasteiger partial charge on any atom is -0.506 e. The number of phenols is 1. The smallest absolute Gasteiger partial charge is 0.338 e. The maximum atomic E-state index is 12.2. The van der Waals surface area contributed by atoms with Crippen LogP contribution in [0.15, 0.2) is 43.0 Å². The van der Waals surface area contributed by atoms with Gasteiger partial charge in [0.2, 0.25) is 0 Å². The van der Waals surface area contributed by atoms with Crippen LogP contribution in [0.5, 0.6) is 5.75 Å². The van der Waals surface area contributed by atoms with Crippen LogP contribution in [0.4, 0.5) is 0 Å². The van der Waals surface area contributed by atoms with Gasteiger partial charge in [0.25, 0.3) is 0 Å². The van der Waals surface area contributed by atoms with Crippen molar-refractivity contribution in [2.24, 2.45) is 0 Å².